The zero-order chi connectivity index (χ0) is 13.8. The van der Waals surface area contributed by atoms with Gasteiger partial charge in [0.2, 0.25) is 0 Å². The van der Waals surface area contributed by atoms with E-state index in [0.29, 0.717) is 5.92 Å². The van der Waals surface area contributed by atoms with Crippen molar-refractivity contribution in [3.63, 3.8) is 0 Å². The molecule has 0 aromatic carbocycles. The lowest BCUT2D eigenvalue weighted by Crippen LogP contribution is -2.41. The van der Waals surface area contributed by atoms with Crippen molar-refractivity contribution in [3.05, 3.63) is 11.5 Å². The molecule has 0 spiro atoms. The van der Waals surface area contributed by atoms with Crippen LogP contribution in [0.25, 0.3) is 0 Å². The fraction of sp³-hybridized carbons (Fsp3) is 0.867. The average molecular weight is 250 g/mol. The quantitative estimate of drug-likeness (QED) is 0.655. The van der Waals surface area contributed by atoms with Gasteiger partial charge in [-0.3, -0.25) is 0 Å². The highest BCUT2D eigenvalue weighted by atomic mass is 16.7. The molecule has 0 aromatic rings. The Morgan fingerprint density at radius 2 is 1.56 bits per heavy atom. The summed E-state index contributed by atoms with van der Waals surface area (Å²) in [4.78, 5) is 0. The lowest BCUT2D eigenvalue weighted by Gasteiger charge is -2.38. The maximum Gasteiger partial charge on any atom is 0.490 e. The fourth-order valence-corrected chi connectivity index (χ4v) is 2.77. The molecule has 1 aliphatic heterocycles. The Hall–Kier alpha value is -0.275. The summed E-state index contributed by atoms with van der Waals surface area (Å²) in [5.74, 6) is 0.677. The van der Waals surface area contributed by atoms with E-state index in [9.17, 15) is 0 Å². The van der Waals surface area contributed by atoms with E-state index in [1.807, 2.05) is 0 Å². The minimum Gasteiger partial charge on any atom is -0.400 e. The van der Waals surface area contributed by atoms with E-state index in [4.69, 9.17) is 9.31 Å². The summed E-state index contributed by atoms with van der Waals surface area (Å²) in [7, 11) is -0.173. The van der Waals surface area contributed by atoms with Crippen LogP contribution in [-0.4, -0.2) is 18.3 Å². The smallest absolute Gasteiger partial charge is 0.400 e. The normalized spacial score (nSPS) is 33.4. The second-order valence-corrected chi connectivity index (χ2v) is 7.45. The largest absolute Gasteiger partial charge is 0.490 e. The summed E-state index contributed by atoms with van der Waals surface area (Å²) in [6.07, 6.45) is 4.74. The lowest BCUT2D eigenvalue weighted by molar-refractivity contribution is 0.00578. The Bertz CT molecular complexity index is 353. The van der Waals surface area contributed by atoms with Crippen LogP contribution in [0, 0.1) is 11.3 Å². The van der Waals surface area contributed by atoms with Gasteiger partial charge in [-0.25, -0.2) is 0 Å². The molecule has 0 amide bonds. The first kappa shape index (κ1) is 14.1. The zero-order valence-corrected chi connectivity index (χ0v) is 13.0. The van der Waals surface area contributed by atoms with Crippen LogP contribution in [0.4, 0.5) is 0 Å². The second-order valence-electron chi connectivity index (χ2n) is 7.45. The second kappa shape index (κ2) is 4.11. The minimum absolute atomic E-state index is 0.166. The van der Waals surface area contributed by atoms with Gasteiger partial charge in [0.1, 0.15) is 0 Å². The average Bonchev–Trinajstić information content (AvgIpc) is 2.40. The Morgan fingerprint density at radius 3 is 2.06 bits per heavy atom. The molecule has 1 atom stereocenters. The van der Waals surface area contributed by atoms with Crippen molar-refractivity contribution >= 4 is 7.12 Å². The predicted molar refractivity (Wildman–Crippen MR) is 76.3 cm³/mol. The predicted octanol–water partition coefficient (Wildman–Crippen LogP) is 4.00. The van der Waals surface area contributed by atoms with Crippen molar-refractivity contribution in [1.82, 2.24) is 0 Å². The highest BCUT2D eigenvalue weighted by Gasteiger charge is 2.55. The number of hydrogen-bond donors (Lipinski definition) is 0. The van der Waals surface area contributed by atoms with Gasteiger partial charge < -0.3 is 9.31 Å². The monoisotopic (exact) mass is 250 g/mol. The van der Waals surface area contributed by atoms with Crippen LogP contribution in [0.15, 0.2) is 11.5 Å². The van der Waals surface area contributed by atoms with Crippen LogP contribution >= 0.6 is 0 Å². The first-order valence-electron chi connectivity index (χ1n) is 7.14. The standard InChI is InChI=1S/C15H27BO2/c1-11-9-8-10-12(13(11,2)3)16-17-14(4,5)15(6,7)18-16/h10-11H,8-9H2,1-7H3. The Kier molecular flexibility index (Phi) is 3.23. The minimum atomic E-state index is -0.241. The third-order valence-electron chi connectivity index (χ3n) is 5.45. The highest BCUT2D eigenvalue weighted by Crippen LogP contribution is 2.47. The van der Waals surface area contributed by atoms with Gasteiger partial charge >= 0.3 is 7.12 Å². The van der Waals surface area contributed by atoms with Crippen LogP contribution in [0.3, 0.4) is 0 Å². The van der Waals surface area contributed by atoms with E-state index >= 15 is 0 Å². The summed E-state index contributed by atoms with van der Waals surface area (Å²) >= 11 is 0. The van der Waals surface area contributed by atoms with Gasteiger partial charge in [-0.2, -0.15) is 0 Å². The molecule has 0 radical (unpaired) electrons. The molecular formula is C15H27BO2. The molecule has 18 heavy (non-hydrogen) atoms. The van der Waals surface area contributed by atoms with E-state index in [-0.39, 0.29) is 23.7 Å². The van der Waals surface area contributed by atoms with Crippen molar-refractivity contribution in [3.8, 4) is 0 Å². The molecule has 2 rings (SSSR count). The highest BCUT2D eigenvalue weighted by molar-refractivity contribution is 6.55. The Morgan fingerprint density at radius 1 is 1.06 bits per heavy atom. The van der Waals surface area contributed by atoms with E-state index < -0.39 is 0 Å². The SMILES string of the molecule is CC1CCC=C(B2OC(C)(C)C(C)(C)O2)C1(C)C. The fourth-order valence-electron chi connectivity index (χ4n) is 2.77. The number of hydrogen-bond acceptors (Lipinski definition) is 2. The summed E-state index contributed by atoms with van der Waals surface area (Å²) in [5, 5.41) is 0. The maximum atomic E-state index is 6.20. The molecule has 102 valence electrons. The van der Waals surface area contributed by atoms with Crippen LogP contribution in [0.2, 0.25) is 0 Å². The molecule has 1 aliphatic carbocycles. The third kappa shape index (κ3) is 2.06. The van der Waals surface area contributed by atoms with Crippen LogP contribution < -0.4 is 0 Å². The summed E-state index contributed by atoms with van der Waals surface area (Å²) < 4.78 is 12.4. The summed E-state index contributed by atoms with van der Waals surface area (Å²) in [6, 6.07) is 0. The third-order valence-corrected chi connectivity index (χ3v) is 5.45. The van der Waals surface area contributed by atoms with Crippen LogP contribution in [0.5, 0.6) is 0 Å². The van der Waals surface area contributed by atoms with E-state index in [2.05, 4.69) is 54.5 Å². The molecule has 3 heteroatoms. The molecule has 0 bridgehead atoms. The first-order chi connectivity index (χ1) is 8.08. The summed E-state index contributed by atoms with van der Waals surface area (Å²) in [6.45, 7) is 15.4. The van der Waals surface area contributed by atoms with Gasteiger partial charge in [0.05, 0.1) is 11.2 Å². The molecule has 0 aromatic heterocycles. The maximum absolute atomic E-state index is 6.20. The van der Waals surface area contributed by atoms with Gasteiger partial charge in [-0.15, -0.1) is 0 Å². The van der Waals surface area contributed by atoms with Gasteiger partial charge in [0, 0.05) is 0 Å². The van der Waals surface area contributed by atoms with Crippen molar-refractivity contribution in [1.29, 1.82) is 0 Å². The summed E-state index contributed by atoms with van der Waals surface area (Å²) in [5.41, 5.74) is 1.02. The first-order valence-corrected chi connectivity index (χ1v) is 7.14. The molecule has 1 heterocycles. The molecule has 1 fully saturated rings. The molecule has 1 unspecified atom stereocenters. The van der Waals surface area contributed by atoms with E-state index in [0.717, 1.165) is 6.42 Å². The molecular weight excluding hydrogens is 223 g/mol. The van der Waals surface area contributed by atoms with Crippen molar-refractivity contribution in [2.45, 2.75) is 72.5 Å². The Labute approximate surface area is 112 Å². The van der Waals surface area contributed by atoms with Crippen LogP contribution in [-0.2, 0) is 9.31 Å². The van der Waals surface area contributed by atoms with E-state index in [1.165, 1.54) is 11.9 Å². The molecule has 2 aliphatic rings. The number of allylic oxidation sites excluding steroid dienone is 2. The van der Waals surface area contributed by atoms with Crippen molar-refractivity contribution in [2.75, 3.05) is 0 Å². The molecule has 0 N–H and O–H groups in total. The van der Waals surface area contributed by atoms with Crippen LogP contribution in [0.1, 0.15) is 61.3 Å². The van der Waals surface area contributed by atoms with Gasteiger partial charge in [-0.1, -0.05) is 26.8 Å². The molecule has 0 saturated carbocycles. The lowest BCUT2D eigenvalue weighted by atomic mass is 9.56. The van der Waals surface area contributed by atoms with Gasteiger partial charge in [0.25, 0.3) is 0 Å². The topological polar surface area (TPSA) is 18.5 Å². The van der Waals surface area contributed by atoms with Crippen molar-refractivity contribution in [2.24, 2.45) is 11.3 Å². The zero-order valence-electron chi connectivity index (χ0n) is 13.0. The Balaban J connectivity index is 2.27. The molecule has 1 saturated heterocycles. The van der Waals surface area contributed by atoms with Gasteiger partial charge in [-0.05, 0) is 57.3 Å². The molecule has 2 nitrogen and oxygen atoms in total. The number of rotatable bonds is 1. The van der Waals surface area contributed by atoms with Crippen molar-refractivity contribution < 1.29 is 9.31 Å². The van der Waals surface area contributed by atoms with Gasteiger partial charge in [0.15, 0.2) is 0 Å². The van der Waals surface area contributed by atoms with E-state index in [1.54, 1.807) is 0 Å².